The van der Waals surface area contributed by atoms with Crippen LogP contribution < -0.4 is 5.32 Å². The lowest BCUT2D eigenvalue weighted by molar-refractivity contribution is 0.174. The molecule has 0 aliphatic carbocycles. The maximum Gasteiger partial charge on any atom is 0.141 e. The largest absolute Gasteiger partial charge is 0.307 e. The maximum absolute atomic E-state index is 4.21. The normalized spacial score (nSPS) is 27.4. The molecule has 2 N–H and O–H groups in total. The van der Waals surface area contributed by atoms with E-state index in [1.54, 1.807) is 6.33 Å². The van der Waals surface area contributed by atoms with E-state index in [1.165, 1.54) is 12.8 Å². The summed E-state index contributed by atoms with van der Waals surface area (Å²) >= 11 is 0. The van der Waals surface area contributed by atoms with Gasteiger partial charge >= 0.3 is 0 Å². The van der Waals surface area contributed by atoms with Crippen LogP contribution in [0.25, 0.3) is 0 Å². The number of rotatable bonds is 1. The van der Waals surface area contributed by atoms with Gasteiger partial charge in [0.1, 0.15) is 12.2 Å². The van der Waals surface area contributed by atoms with E-state index in [2.05, 4.69) is 34.3 Å². The molecule has 4 nitrogen and oxygen atoms in total. The van der Waals surface area contributed by atoms with E-state index in [4.69, 9.17) is 0 Å². The van der Waals surface area contributed by atoms with Gasteiger partial charge < -0.3 is 5.32 Å². The molecule has 0 saturated carbocycles. The fourth-order valence-electron chi connectivity index (χ4n) is 2.03. The first-order valence-corrected chi connectivity index (χ1v) is 4.79. The maximum atomic E-state index is 4.21. The van der Waals surface area contributed by atoms with Crippen LogP contribution in [0.1, 0.15) is 38.6 Å². The summed E-state index contributed by atoms with van der Waals surface area (Å²) in [5.74, 6) is 0.963. The van der Waals surface area contributed by atoms with Gasteiger partial charge in [0.2, 0.25) is 0 Å². The van der Waals surface area contributed by atoms with E-state index < -0.39 is 0 Å². The molecule has 0 radical (unpaired) electrons. The average Bonchev–Trinajstić information content (AvgIpc) is 2.55. The average molecular weight is 180 g/mol. The van der Waals surface area contributed by atoms with Gasteiger partial charge in [-0.25, -0.2) is 4.98 Å². The highest BCUT2D eigenvalue weighted by molar-refractivity contribution is 5.01. The molecule has 72 valence electrons. The van der Waals surface area contributed by atoms with Gasteiger partial charge in [0.15, 0.2) is 0 Å². The zero-order valence-electron chi connectivity index (χ0n) is 8.17. The van der Waals surface area contributed by atoms with E-state index >= 15 is 0 Å². The molecule has 1 atom stereocenters. The Morgan fingerprint density at radius 3 is 3.00 bits per heavy atom. The number of H-pyrrole nitrogens is 1. The van der Waals surface area contributed by atoms with Crippen LogP contribution in [0.5, 0.6) is 0 Å². The number of piperidine rings is 1. The molecular weight excluding hydrogens is 164 g/mol. The molecule has 1 saturated heterocycles. The van der Waals surface area contributed by atoms with Crippen molar-refractivity contribution in [1.82, 2.24) is 20.5 Å². The number of aromatic nitrogens is 3. The highest BCUT2D eigenvalue weighted by atomic mass is 15.2. The highest BCUT2D eigenvalue weighted by Crippen LogP contribution is 2.38. The van der Waals surface area contributed by atoms with Crippen molar-refractivity contribution in [2.24, 2.45) is 5.41 Å². The predicted molar refractivity (Wildman–Crippen MR) is 50.1 cm³/mol. The van der Waals surface area contributed by atoms with Gasteiger partial charge in [-0.05, 0) is 24.8 Å². The summed E-state index contributed by atoms with van der Waals surface area (Å²) < 4.78 is 0. The molecular formula is C9H16N4. The van der Waals surface area contributed by atoms with Gasteiger partial charge in [-0.1, -0.05) is 13.8 Å². The van der Waals surface area contributed by atoms with E-state index in [-0.39, 0.29) is 5.41 Å². The lowest BCUT2D eigenvalue weighted by Crippen LogP contribution is -2.40. The minimum Gasteiger partial charge on any atom is -0.307 e. The zero-order chi connectivity index (χ0) is 9.31. The van der Waals surface area contributed by atoms with Crippen LogP contribution in [-0.4, -0.2) is 21.7 Å². The van der Waals surface area contributed by atoms with Crippen molar-refractivity contribution in [1.29, 1.82) is 0 Å². The minimum absolute atomic E-state index is 0.276. The first-order valence-electron chi connectivity index (χ1n) is 4.79. The Labute approximate surface area is 78.1 Å². The molecule has 0 amide bonds. The van der Waals surface area contributed by atoms with Crippen LogP contribution in [0.4, 0.5) is 0 Å². The number of aromatic amines is 1. The molecule has 1 aliphatic heterocycles. The molecule has 0 spiro atoms. The fraction of sp³-hybridized carbons (Fsp3) is 0.778. The highest BCUT2D eigenvalue weighted by Gasteiger charge is 2.34. The second-order valence-corrected chi connectivity index (χ2v) is 4.35. The van der Waals surface area contributed by atoms with Crippen LogP contribution in [0.3, 0.4) is 0 Å². The lowest BCUT2D eigenvalue weighted by atomic mass is 9.77. The topological polar surface area (TPSA) is 53.6 Å². The van der Waals surface area contributed by atoms with Crippen molar-refractivity contribution in [2.75, 3.05) is 6.54 Å². The monoisotopic (exact) mass is 180 g/mol. The van der Waals surface area contributed by atoms with E-state index in [1.807, 2.05) is 0 Å². The van der Waals surface area contributed by atoms with Crippen molar-refractivity contribution in [3.05, 3.63) is 12.2 Å². The Bertz CT molecular complexity index is 265. The smallest absolute Gasteiger partial charge is 0.141 e. The Balaban J connectivity index is 2.21. The summed E-state index contributed by atoms with van der Waals surface area (Å²) in [6.07, 6.45) is 4.06. The lowest BCUT2D eigenvalue weighted by Gasteiger charge is -2.37. The van der Waals surface area contributed by atoms with Crippen molar-refractivity contribution in [3.8, 4) is 0 Å². The Morgan fingerprint density at radius 1 is 1.54 bits per heavy atom. The molecule has 0 bridgehead atoms. The minimum atomic E-state index is 0.276. The van der Waals surface area contributed by atoms with Crippen molar-refractivity contribution in [3.63, 3.8) is 0 Å². The van der Waals surface area contributed by atoms with E-state index in [9.17, 15) is 0 Å². The van der Waals surface area contributed by atoms with E-state index in [0.717, 1.165) is 12.4 Å². The molecule has 4 heteroatoms. The number of nitrogens with zero attached hydrogens (tertiary/aromatic N) is 2. The SMILES string of the molecule is CC1(C)CCCNC1c1ncn[nH]1. The molecule has 1 aliphatic rings. The molecule has 1 aromatic rings. The number of nitrogens with one attached hydrogen (secondary N) is 2. The fourth-order valence-corrected chi connectivity index (χ4v) is 2.03. The zero-order valence-corrected chi connectivity index (χ0v) is 8.17. The molecule has 2 heterocycles. The number of hydrogen-bond donors (Lipinski definition) is 2. The molecule has 2 rings (SSSR count). The van der Waals surface area contributed by atoms with Crippen LogP contribution in [-0.2, 0) is 0 Å². The Morgan fingerprint density at radius 2 is 2.38 bits per heavy atom. The van der Waals surface area contributed by atoms with Crippen LogP contribution in [0, 0.1) is 5.41 Å². The molecule has 1 fully saturated rings. The third-order valence-electron chi connectivity index (χ3n) is 2.83. The summed E-state index contributed by atoms with van der Waals surface area (Å²) in [6, 6.07) is 0.323. The second-order valence-electron chi connectivity index (χ2n) is 4.35. The number of hydrogen-bond acceptors (Lipinski definition) is 3. The third kappa shape index (κ3) is 1.58. The van der Waals surface area contributed by atoms with Gasteiger partial charge in [-0.3, -0.25) is 5.10 Å². The Hall–Kier alpha value is -0.900. The van der Waals surface area contributed by atoms with Crippen molar-refractivity contribution < 1.29 is 0 Å². The first-order chi connectivity index (χ1) is 6.20. The van der Waals surface area contributed by atoms with Crippen LogP contribution in [0.15, 0.2) is 6.33 Å². The second kappa shape index (κ2) is 3.10. The van der Waals surface area contributed by atoms with Gasteiger partial charge in [0.25, 0.3) is 0 Å². The molecule has 13 heavy (non-hydrogen) atoms. The van der Waals surface area contributed by atoms with Crippen molar-refractivity contribution in [2.45, 2.75) is 32.7 Å². The summed E-state index contributed by atoms with van der Waals surface area (Å²) in [6.45, 7) is 5.62. The van der Waals surface area contributed by atoms with Gasteiger partial charge in [-0.15, -0.1) is 0 Å². The van der Waals surface area contributed by atoms with Crippen LogP contribution in [0.2, 0.25) is 0 Å². The summed E-state index contributed by atoms with van der Waals surface area (Å²) in [4.78, 5) is 4.21. The summed E-state index contributed by atoms with van der Waals surface area (Å²) in [7, 11) is 0. The quantitative estimate of drug-likeness (QED) is 0.684. The Kier molecular flexibility index (Phi) is 2.07. The molecule has 1 aromatic heterocycles. The van der Waals surface area contributed by atoms with Crippen molar-refractivity contribution >= 4 is 0 Å². The van der Waals surface area contributed by atoms with E-state index in [0.29, 0.717) is 6.04 Å². The summed E-state index contributed by atoms with van der Waals surface area (Å²) in [5.41, 5.74) is 0.276. The summed E-state index contributed by atoms with van der Waals surface area (Å²) in [5, 5.41) is 10.3. The van der Waals surface area contributed by atoms with Gasteiger partial charge in [0, 0.05) is 0 Å². The van der Waals surface area contributed by atoms with Crippen LogP contribution >= 0.6 is 0 Å². The molecule has 1 unspecified atom stereocenters. The van der Waals surface area contributed by atoms with Gasteiger partial charge in [0.05, 0.1) is 6.04 Å². The molecule has 0 aromatic carbocycles. The predicted octanol–water partition coefficient (Wildman–Crippen LogP) is 1.26. The first kappa shape index (κ1) is 8.69. The third-order valence-corrected chi connectivity index (χ3v) is 2.83. The van der Waals surface area contributed by atoms with Gasteiger partial charge in [-0.2, -0.15) is 5.10 Å². The standard InChI is InChI=1S/C9H16N4/c1-9(2)4-3-5-10-7(9)8-11-6-12-13-8/h6-7,10H,3-5H2,1-2H3,(H,11,12,13).